The highest BCUT2D eigenvalue weighted by molar-refractivity contribution is 6.33. The van der Waals surface area contributed by atoms with Crippen LogP contribution in [0.25, 0.3) is 11.1 Å². The summed E-state index contributed by atoms with van der Waals surface area (Å²) in [4.78, 5) is 15.4. The third kappa shape index (κ3) is 2.82. The summed E-state index contributed by atoms with van der Waals surface area (Å²) in [5.74, 6) is 0.263. The first-order valence-corrected chi connectivity index (χ1v) is 7.74. The molecule has 0 unspecified atom stereocenters. The Morgan fingerprint density at radius 2 is 2.17 bits per heavy atom. The largest absolute Gasteiger partial charge is 0.335 e. The van der Waals surface area contributed by atoms with E-state index in [1.54, 1.807) is 6.07 Å². The van der Waals surface area contributed by atoms with Crippen LogP contribution >= 0.6 is 11.6 Å². The summed E-state index contributed by atoms with van der Waals surface area (Å²) in [6.07, 6.45) is 2.40. The van der Waals surface area contributed by atoms with Crippen molar-refractivity contribution in [3.8, 4) is 17.2 Å². The molecule has 0 aliphatic carbocycles. The standard InChI is InChI=1S/C17H17ClN4O/c1-10(23)21-16-5-12(14(18)8-20-16)13-4-11(7-19)22-9-17(2,3)6-15(13)22/h4-5,8H,6,9H2,1-3H3,(H,20,21,23). The van der Waals surface area contributed by atoms with Crippen LogP contribution in [0.1, 0.15) is 32.2 Å². The molecule has 0 radical (unpaired) electrons. The molecule has 2 aromatic heterocycles. The van der Waals surface area contributed by atoms with Crippen molar-refractivity contribution in [2.45, 2.75) is 33.7 Å². The highest BCUT2D eigenvalue weighted by Gasteiger charge is 2.33. The zero-order valence-corrected chi connectivity index (χ0v) is 14.0. The number of aromatic nitrogens is 2. The normalized spacial score (nSPS) is 15.1. The predicted molar refractivity (Wildman–Crippen MR) is 89.2 cm³/mol. The maximum Gasteiger partial charge on any atom is 0.222 e. The fraction of sp³-hybridized carbons (Fsp3) is 0.353. The number of amides is 1. The summed E-state index contributed by atoms with van der Waals surface area (Å²) in [6, 6.07) is 5.88. The number of nitriles is 1. The van der Waals surface area contributed by atoms with Gasteiger partial charge in [-0.15, -0.1) is 0 Å². The van der Waals surface area contributed by atoms with E-state index in [4.69, 9.17) is 11.6 Å². The van der Waals surface area contributed by atoms with E-state index in [-0.39, 0.29) is 11.3 Å². The molecule has 1 N–H and O–H groups in total. The van der Waals surface area contributed by atoms with Gasteiger partial charge >= 0.3 is 0 Å². The number of rotatable bonds is 2. The van der Waals surface area contributed by atoms with Crippen molar-refractivity contribution < 1.29 is 4.79 Å². The quantitative estimate of drug-likeness (QED) is 0.915. The molecule has 0 fully saturated rings. The Hall–Kier alpha value is -2.32. The maximum atomic E-state index is 11.2. The summed E-state index contributed by atoms with van der Waals surface area (Å²) in [7, 11) is 0. The second kappa shape index (κ2) is 5.39. The van der Waals surface area contributed by atoms with E-state index in [1.807, 2.05) is 6.07 Å². The molecule has 6 heteroatoms. The van der Waals surface area contributed by atoms with Gasteiger partial charge in [0, 0.05) is 36.5 Å². The van der Waals surface area contributed by atoms with Crippen molar-refractivity contribution in [2.24, 2.45) is 5.41 Å². The lowest BCUT2D eigenvalue weighted by Crippen LogP contribution is -2.13. The third-order valence-corrected chi connectivity index (χ3v) is 4.31. The fourth-order valence-electron chi connectivity index (χ4n) is 3.12. The fourth-order valence-corrected chi connectivity index (χ4v) is 3.32. The van der Waals surface area contributed by atoms with Crippen LogP contribution in [-0.4, -0.2) is 15.5 Å². The second-order valence-electron chi connectivity index (χ2n) is 6.66. The van der Waals surface area contributed by atoms with Crippen LogP contribution in [0.15, 0.2) is 18.3 Å². The summed E-state index contributed by atoms with van der Waals surface area (Å²) < 4.78 is 2.06. The van der Waals surface area contributed by atoms with Crippen LogP contribution in [0.2, 0.25) is 5.02 Å². The number of carbonyl (C=O) groups is 1. The summed E-state index contributed by atoms with van der Waals surface area (Å²) in [5.41, 5.74) is 3.57. The number of hydrogen-bond acceptors (Lipinski definition) is 3. The number of nitrogens with one attached hydrogen (secondary N) is 1. The van der Waals surface area contributed by atoms with Crippen molar-refractivity contribution in [1.29, 1.82) is 5.26 Å². The van der Waals surface area contributed by atoms with Crippen LogP contribution in [0.5, 0.6) is 0 Å². The summed E-state index contributed by atoms with van der Waals surface area (Å²) in [6.45, 7) is 6.61. The molecule has 2 aromatic rings. The molecule has 118 valence electrons. The third-order valence-electron chi connectivity index (χ3n) is 4.00. The maximum absolute atomic E-state index is 11.2. The molecule has 0 atom stereocenters. The smallest absolute Gasteiger partial charge is 0.222 e. The summed E-state index contributed by atoms with van der Waals surface area (Å²) in [5, 5.41) is 12.6. The highest BCUT2D eigenvalue weighted by atomic mass is 35.5. The van der Waals surface area contributed by atoms with Crippen molar-refractivity contribution in [3.05, 3.63) is 34.7 Å². The number of pyridine rings is 1. The van der Waals surface area contributed by atoms with E-state index in [0.29, 0.717) is 16.5 Å². The van der Waals surface area contributed by atoms with Gasteiger partial charge in [-0.2, -0.15) is 5.26 Å². The van der Waals surface area contributed by atoms with Gasteiger partial charge in [0.15, 0.2) is 0 Å². The van der Waals surface area contributed by atoms with Gasteiger partial charge in [0.05, 0.1) is 5.02 Å². The van der Waals surface area contributed by atoms with Gasteiger partial charge < -0.3 is 9.88 Å². The van der Waals surface area contributed by atoms with E-state index in [2.05, 4.69) is 34.8 Å². The van der Waals surface area contributed by atoms with Crippen LogP contribution < -0.4 is 5.32 Å². The van der Waals surface area contributed by atoms with E-state index < -0.39 is 0 Å². The number of anilines is 1. The molecule has 0 aromatic carbocycles. The number of hydrogen-bond donors (Lipinski definition) is 1. The number of halogens is 1. The molecule has 1 aliphatic rings. The minimum Gasteiger partial charge on any atom is -0.335 e. The van der Waals surface area contributed by atoms with Gasteiger partial charge in [-0.3, -0.25) is 4.79 Å². The topological polar surface area (TPSA) is 70.7 Å². The minimum absolute atomic E-state index is 0.108. The Bertz CT molecular complexity index is 845. The van der Waals surface area contributed by atoms with Gasteiger partial charge in [0.2, 0.25) is 5.91 Å². The van der Waals surface area contributed by atoms with E-state index in [9.17, 15) is 10.1 Å². The van der Waals surface area contributed by atoms with E-state index in [0.717, 1.165) is 29.8 Å². The van der Waals surface area contributed by atoms with Gasteiger partial charge in [-0.05, 0) is 24.0 Å². The summed E-state index contributed by atoms with van der Waals surface area (Å²) >= 11 is 6.33. The molecule has 5 nitrogen and oxygen atoms in total. The zero-order chi connectivity index (χ0) is 16.8. The van der Waals surface area contributed by atoms with E-state index >= 15 is 0 Å². The van der Waals surface area contributed by atoms with Gasteiger partial charge in [0.1, 0.15) is 17.6 Å². The van der Waals surface area contributed by atoms with Crippen LogP contribution in [0.3, 0.4) is 0 Å². The molecule has 23 heavy (non-hydrogen) atoms. The zero-order valence-electron chi connectivity index (χ0n) is 13.3. The number of fused-ring (bicyclic) bond motifs is 1. The molecular weight excluding hydrogens is 312 g/mol. The molecule has 0 spiro atoms. The Balaban J connectivity index is 2.14. The lowest BCUT2D eigenvalue weighted by atomic mass is 9.89. The highest BCUT2D eigenvalue weighted by Crippen LogP contribution is 2.41. The minimum atomic E-state index is -0.188. The SMILES string of the molecule is CC(=O)Nc1cc(-c2cc(C#N)n3c2CC(C)(C)C3)c(Cl)cn1. The number of carbonyl (C=O) groups excluding carboxylic acids is 1. The van der Waals surface area contributed by atoms with Crippen molar-refractivity contribution in [3.63, 3.8) is 0 Å². The van der Waals surface area contributed by atoms with E-state index in [1.165, 1.54) is 13.1 Å². The number of nitrogens with zero attached hydrogens (tertiary/aromatic N) is 3. The molecule has 3 rings (SSSR count). The van der Waals surface area contributed by atoms with Crippen LogP contribution in [0.4, 0.5) is 5.82 Å². The average molecular weight is 329 g/mol. The second-order valence-corrected chi connectivity index (χ2v) is 7.07. The van der Waals surface area contributed by atoms with Gasteiger partial charge in [-0.1, -0.05) is 25.4 Å². The lowest BCUT2D eigenvalue weighted by Gasteiger charge is -2.15. The molecule has 1 aliphatic heterocycles. The van der Waals surface area contributed by atoms with Crippen LogP contribution in [0, 0.1) is 16.7 Å². The Kier molecular flexibility index (Phi) is 3.65. The Labute approximate surface area is 139 Å². The molecule has 0 bridgehead atoms. The molecule has 1 amide bonds. The molecular formula is C17H17ClN4O. The first kappa shape index (κ1) is 15.6. The van der Waals surface area contributed by atoms with Crippen molar-refractivity contribution in [1.82, 2.24) is 9.55 Å². The van der Waals surface area contributed by atoms with Crippen LogP contribution in [-0.2, 0) is 17.8 Å². The Morgan fingerprint density at radius 3 is 2.83 bits per heavy atom. The predicted octanol–water partition coefficient (Wildman–Crippen LogP) is 3.62. The lowest BCUT2D eigenvalue weighted by molar-refractivity contribution is -0.114. The Morgan fingerprint density at radius 1 is 1.43 bits per heavy atom. The average Bonchev–Trinajstić information content (AvgIpc) is 2.93. The van der Waals surface area contributed by atoms with Crippen molar-refractivity contribution in [2.75, 3.05) is 5.32 Å². The molecule has 0 saturated carbocycles. The first-order chi connectivity index (χ1) is 10.8. The monoisotopic (exact) mass is 328 g/mol. The first-order valence-electron chi connectivity index (χ1n) is 7.37. The van der Waals surface area contributed by atoms with Gasteiger partial charge in [-0.25, -0.2) is 4.98 Å². The molecule has 0 saturated heterocycles. The van der Waals surface area contributed by atoms with Crippen molar-refractivity contribution >= 4 is 23.3 Å². The van der Waals surface area contributed by atoms with Gasteiger partial charge in [0.25, 0.3) is 0 Å². The molecule has 3 heterocycles.